The number of rotatable bonds is 8. The third kappa shape index (κ3) is 4.76. The molecule has 0 saturated carbocycles. The van der Waals surface area contributed by atoms with Crippen LogP contribution in [0.5, 0.6) is 0 Å². The van der Waals surface area contributed by atoms with E-state index >= 15 is 0 Å². The highest BCUT2D eigenvalue weighted by Gasteiger charge is 2.22. The van der Waals surface area contributed by atoms with Crippen LogP contribution in [-0.2, 0) is 16.1 Å². The second-order valence-electron chi connectivity index (χ2n) is 6.43. The van der Waals surface area contributed by atoms with Gasteiger partial charge in [-0.2, -0.15) is 0 Å². The first-order valence-electron chi connectivity index (χ1n) is 9.17. The van der Waals surface area contributed by atoms with Gasteiger partial charge in [0.05, 0.1) is 18.7 Å². The predicted octanol–water partition coefficient (Wildman–Crippen LogP) is 3.93. The fourth-order valence-corrected chi connectivity index (χ4v) is 3.24. The number of hydrogen-bond acceptors (Lipinski definition) is 4. The number of hydrogen-bond donors (Lipinski definition) is 2. The molecular formula is C23H24N2O3. The Hall–Kier alpha value is -3.15. The highest BCUT2D eigenvalue weighted by atomic mass is 16.7. The summed E-state index contributed by atoms with van der Waals surface area (Å²) in [4.78, 5) is 17.8. The molecule has 0 radical (unpaired) electrons. The van der Waals surface area contributed by atoms with Gasteiger partial charge in [-0.05, 0) is 35.2 Å². The van der Waals surface area contributed by atoms with Crippen molar-refractivity contribution in [1.29, 1.82) is 0 Å². The summed E-state index contributed by atoms with van der Waals surface area (Å²) in [5.41, 5.74) is 5.52. The second-order valence-corrected chi connectivity index (χ2v) is 6.43. The number of carbonyl (C=O) groups excluding carboxylic acids is 1. The van der Waals surface area contributed by atoms with Crippen molar-refractivity contribution < 1.29 is 14.8 Å². The zero-order chi connectivity index (χ0) is 19.8. The molecule has 5 heteroatoms. The number of anilines is 1. The van der Waals surface area contributed by atoms with Crippen molar-refractivity contribution in [3.63, 3.8) is 0 Å². The molecule has 0 bridgehead atoms. The Labute approximate surface area is 165 Å². The van der Waals surface area contributed by atoms with E-state index in [1.165, 1.54) is 5.56 Å². The molecular weight excluding hydrogens is 352 g/mol. The smallest absolute Gasteiger partial charge is 0.255 e. The first-order valence-corrected chi connectivity index (χ1v) is 9.17. The molecule has 28 heavy (non-hydrogen) atoms. The van der Waals surface area contributed by atoms with Crippen LogP contribution in [0.2, 0.25) is 0 Å². The van der Waals surface area contributed by atoms with Crippen molar-refractivity contribution in [2.45, 2.75) is 12.3 Å². The Morgan fingerprint density at radius 3 is 2.07 bits per heavy atom. The van der Waals surface area contributed by atoms with Gasteiger partial charge in [0, 0.05) is 6.54 Å². The van der Waals surface area contributed by atoms with Crippen LogP contribution in [0.4, 0.5) is 5.69 Å². The predicted molar refractivity (Wildman–Crippen MR) is 109 cm³/mol. The van der Waals surface area contributed by atoms with E-state index in [1.807, 2.05) is 77.9 Å². The molecule has 3 aromatic rings. The second kappa shape index (κ2) is 9.69. The minimum Gasteiger partial charge on any atom is -0.289 e. The molecule has 0 aromatic heterocycles. The number of hydroxylamine groups is 2. The van der Waals surface area contributed by atoms with Gasteiger partial charge in [-0.3, -0.25) is 19.9 Å². The lowest BCUT2D eigenvalue weighted by atomic mass is 9.90. The van der Waals surface area contributed by atoms with Gasteiger partial charge in [-0.25, -0.2) is 5.48 Å². The van der Waals surface area contributed by atoms with Gasteiger partial charge in [0.25, 0.3) is 5.91 Å². The molecule has 144 valence electrons. The summed E-state index contributed by atoms with van der Waals surface area (Å²) in [6.07, 6.45) is 0.857. The molecule has 1 atom stereocenters. The Bertz CT molecular complexity index is 867. The van der Waals surface area contributed by atoms with Crippen LogP contribution in [0.3, 0.4) is 0 Å². The van der Waals surface area contributed by atoms with E-state index < -0.39 is 11.8 Å². The monoisotopic (exact) mass is 376 g/mol. The summed E-state index contributed by atoms with van der Waals surface area (Å²) in [6.45, 7) is 0.707. The lowest BCUT2D eigenvalue weighted by Gasteiger charge is -2.23. The van der Waals surface area contributed by atoms with Gasteiger partial charge in [-0.15, -0.1) is 0 Å². The average molecular weight is 376 g/mol. The summed E-state index contributed by atoms with van der Waals surface area (Å²) in [6, 6.07) is 27.2. The normalized spacial score (nSPS) is 11.6. The highest BCUT2D eigenvalue weighted by Crippen LogP contribution is 2.27. The van der Waals surface area contributed by atoms with E-state index in [0.29, 0.717) is 6.54 Å². The van der Waals surface area contributed by atoms with Crippen LogP contribution >= 0.6 is 0 Å². The summed E-state index contributed by atoms with van der Waals surface area (Å²) in [7, 11) is 1.64. The Balaban J connectivity index is 1.77. The summed E-state index contributed by atoms with van der Waals surface area (Å²) >= 11 is 0. The molecule has 0 heterocycles. The number of nitrogens with one attached hydrogen (secondary N) is 1. The number of benzene rings is 3. The molecule has 0 aliphatic heterocycles. The maximum atomic E-state index is 12.3. The van der Waals surface area contributed by atoms with Crippen molar-refractivity contribution in [2.75, 3.05) is 18.7 Å². The molecule has 0 spiro atoms. The van der Waals surface area contributed by atoms with Gasteiger partial charge in [-0.1, -0.05) is 72.8 Å². The molecule has 1 amide bonds. The third-order valence-electron chi connectivity index (χ3n) is 4.69. The van der Waals surface area contributed by atoms with E-state index in [-0.39, 0.29) is 0 Å². The number of nitrogens with zero attached hydrogens (tertiary/aromatic N) is 1. The maximum absolute atomic E-state index is 12.3. The topological polar surface area (TPSA) is 61.8 Å². The molecule has 0 fully saturated rings. The fraction of sp³-hybridized carbons (Fsp3) is 0.174. The van der Waals surface area contributed by atoms with Crippen molar-refractivity contribution >= 4 is 11.6 Å². The molecule has 2 N–H and O–H groups in total. The average Bonchev–Trinajstić information content (AvgIpc) is 2.76. The molecule has 3 aromatic carbocycles. The number of amides is 1. The van der Waals surface area contributed by atoms with Gasteiger partial charge >= 0.3 is 0 Å². The molecule has 0 saturated heterocycles. The van der Waals surface area contributed by atoms with Gasteiger partial charge in [0.15, 0.2) is 0 Å². The van der Waals surface area contributed by atoms with Crippen LogP contribution in [0, 0.1) is 0 Å². The fourth-order valence-electron chi connectivity index (χ4n) is 3.24. The van der Waals surface area contributed by atoms with Gasteiger partial charge < -0.3 is 0 Å². The van der Waals surface area contributed by atoms with Gasteiger partial charge in [0.1, 0.15) is 0 Å². The van der Waals surface area contributed by atoms with Crippen molar-refractivity contribution in [3.8, 4) is 0 Å². The first-order chi connectivity index (χ1) is 13.7. The quantitative estimate of drug-likeness (QED) is 0.462. The van der Waals surface area contributed by atoms with E-state index in [1.54, 1.807) is 12.6 Å². The van der Waals surface area contributed by atoms with Crippen LogP contribution in [0.25, 0.3) is 0 Å². The number of carbonyl (C=O) groups is 1. The van der Waals surface area contributed by atoms with Gasteiger partial charge in [0.2, 0.25) is 0 Å². The summed E-state index contributed by atoms with van der Waals surface area (Å²) in [5, 5.41) is 11.0. The molecule has 3 rings (SSSR count). The maximum Gasteiger partial charge on any atom is 0.255 e. The zero-order valence-corrected chi connectivity index (χ0v) is 15.8. The SMILES string of the molecule is CON(CCc1ccccc1)c1ccc(C(C(=O)NO)c2ccccc2)cc1. The molecule has 0 aliphatic carbocycles. The Morgan fingerprint density at radius 1 is 0.929 bits per heavy atom. The Morgan fingerprint density at radius 2 is 1.50 bits per heavy atom. The van der Waals surface area contributed by atoms with E-state index in [9.17, 15) is 4.79 Å². The standard InChI is InChI=1S/C23H24N2O3/c1-28-25(17-16-18-8-4-2-5-9-18)21-14-12-20(13-15-21)22(23(26)24-27)19-10-6-3-7-11-19/h2-15,22,27H,16-17H2,1H3,(H,24,26). The highest BCUT2D eigenvalue weighted by molar-refractivity contribution is 5.86. The van der Waals surface area contributed by atoms with E-state index in [4.69, 9.17) is 10.0 Å². The van der Waals surface area contributed by atoms with Crippen molar-refractivity contribution in [1.82, 2.24) is 5.48 Å². The van der Waals surface area contributed by atoms with E-state index in [2.05, 4.69) is 12.1 Å². The summed E-state index contributed by atoms with van der Waals surface area (Å²) < 4.78 is 0. The van der Waals surface area contributed by atoms with Crippen molar-refractivity contribution in [3.05, 3.63) is 102 Å². The molecule has 0 aliphatic rings. The van der Waals surface area contributed by atoms with Crippen LogP contribution in [0.1, 0.15) is 22.6 Å². The van der Waals surface area contributed by atoms with Crippen LogP contribution in [0.15, 0.2) is 84.9 Å². The third-order valence-corrected chi connectivity index (χ3v) is 4.69. The van der Waals surface area contributed by atoms with E-state index in [0.717, 1.165) is 23.2 Å². The lowest BCUT2D eigenvalue weighted by Crippen LogP contribution is -2.27. The van der Waals surface area contributed by atoms with Crippen LogP contribution in [-0.4, -0.2) is 24.8 Å². The lowest BCUT2D eigenvalue weighted by molar-refractivity contribution is -0.129. The molecule has 5 nitrogen and oxygen atoms in total. The minimum atomic E-state index is -0.583. The summed E-state index contributed by atoms with van der Waals surface area (Å²) in [5.74, 6) is -1.05. The molecule has 1 unspecified atom stereocenters. The van der Waals surface area contributed by atoms with Crippen molar-refractivity contribution in [2.24, 2.45) is 0 Å². The van der Waals surface area contributed by atoms with Crippen LogP contribution < -0.4 is 10.5 Å². The minimum absolute atomic E-state index is 0.466. The Kier molecular flexibility index (Phi) is 6.78. The zero-order valence-electron chi connectivity index (χ0n) is 15.8. The first kappa shape index (κ1) is 19.6. The largest absolute Gasteiger partial charge is 0.289 e.